The zero-order valence-corrected chi connectivity index (χ0v) is 15.2. The number of rotatable bonds is 9. The van der Waals surface area contributed by atoms with Crippen LogP contribution in [0.4, 0.5) is 0 Å². The van der Waals surface area contributed by atoms with E-state index in [1.807, 2.05) is 0 Å². The van der Waals surface area contributed by atoms with Crippen LogP contribution in [0.2, 0.25) is 0 Å². The molecular formula is C23H34. The van der Waals surface area contributed by atoms with Crippen molar-refractivity contribution in [2.24, 2.45) is 11.8 Å². The summed E-state index contributed by atoms with van der Waals surface area (Å²) in [6, 6.07) is 0. The van der Waals surface area contributed by atoms with Crippen LogP contribution in [0.3, 0.4) is 0 Å². The maximum absolute atomic E-state index is 3.59. The van der Waals surface area contributed by atoms with Gasteiger partial charge in [0.15, 0.2) is 0 Å². The fraction of sp³-hybridized carbons (Fsp3) is 0.652. The van der Waals surface area contributed by atoms with Crippen LogP contribution < -0.4 is 0 Å². The van der Waals surface area contributed by atoms with Crippen molar-refractivity contribution in [1.82, 2.24) is 0 Å². The molecule has 0 heteroatoms. The van der Waals surface area contributed by atoms with E-state index in [-0.39, 0.29) is 0 Å². The molecule has 23 heavy (non-hydrogen) atoms. The van der Waals surface area contributed by atoms with E-state index in [0.29, 0.717) is 11.8 Å². The van der Waals surface area contributed by atoms with Gasteiger partial charge in [0.05, 0.1) is 0 Å². The summed E-state index contributed by atoms with van der Waals surface area (Å²) in [5.41, 5.74) is 3.13. The van der Waals surface area contributed by atoms with Gasteiger partial charge in [-0.1, -0.05) is 94.1 Å². The molecule has 0 amide bonds. The predicted octanol–water partition coefficient (Wildman–Crippen LogP) is 6.99. The van der Waals surface area contributed by atoms with Gasteiger partial charge in [0.2, 0.25) is 0 Å². The van der Waals surface area contributed by atoms with Crippen LogP contribution in [-0.2, 0) is 0 Å². The van der Waals surface area contributed by atoms with Crippen molar-refractivity contribution in [3.05, 3.63) is 35.5 Å². The molecule has 0 nitrogen and oxygen atoms in total. The van der Waals surface area contributed by atoms with E-state index in [9.17, 15) is 0 Å². The van der Waals surface area contributed by atoms with Gasteiger partial charge in [-0.25, -0.2) is 0 Å². The van der Waals surface area contributed by atoms with Crippen LogP contribution in [0.25, 0.3) is 0 Å². The molecule has 0 N–H and O–H groups in total. The summed E-state index contributed by atoms with van der Waals surface area (Å²) in [6.07, 6.45) is 23.5. The summed E-state index contributed by atoms with van der Waals surface area (Å²) in [5.74, 6) is 8.31. The lowest BCUT2D eigenvalue weighted by atomic mass is 9.94. The van der Waals surface area contributed by atoms with E-state index in [1.165, 1.54) is 69.8 Å². The summed E-state index contributed by atoms with van der Waals surface area (Å²) < 4.78 is 0. The third-order valence-electron chi connectivity index (χ3n) is 5.15. The molecule has 0 aromatic rings. The van der Waals surface area contributed by atoms with Gasteiger partial charge in [0, 0.05) is 23.8 Å². The van der Waals surface area contributed by atoms with Crippen LogP contribution in [0.5, 0.6) is 0 Å². The lowest BCUT2D eigenvalue weighted by Gasteiger charge is -2.11. The molecular weight excluding hydrogens is 276 g/mol. The van der Waals surface area contributed by atoms with Crippen molar-refractivity contribution in [2.75, 3.05) is 0 Å². The van der Waals surface area contributed by atoms with E-state index in [2.05, 4.69) is 50.0 Å². The molecule has 2 atom stereocenters. The highest BCUT2D eigenvalue weighted by Crippen LogP contribution is 2.42. The number of allylic oxidation sites excluding steroid dienone is 6. The monoisotopic (exact) mass is 310 g/mol. The van der Waals surface area contributed by atoms with Crippen LogP contribution in [0.15, 0.2) is 35.5 Å². The first-order valence-electron chi connectivity index (χ1n) is 9.93. The van der Waals surface area contributed by atoms with Gasteiger partial charge in [-0.3, -0.25) is 0 Å². The molecule has 0 aromatic carbocycles. The normalized spacial score (nSPS) is 22.2. The van der Waals surface area contributed by atoms with Crippen LogP contribution in [0.1, 0.15) is 84.5 Å². The van der Waals surface area contributed by atoms with Gasteiger partial charge in [-0.15, -0.1) is 0 Å². The van der Waals surface area contributed by atoms with Crippen molar-refractivity contribution in [3.8, 4) is 11.8 Å². The Bertz CT molecular complexity index is 492. The first kappa shape index (κ1) is 18.1. The molecule has 126 valence electrons. The van der Waals surface area contributed by atoms with E-state index >= 15 is 0 Å². The zero-order valence-electron chi connectivity index (χ0n) is 15.2. The lowest BCUT2D eigenvalue weighted by molar-refractivity contribution is 0.615. The average molecular weight is 311 g/mol. The molecule has 0 saturated carbocycles. The summed E-state index contributed by atoms with van der Waals surface area (Å²) >= 11 is 0. The minimum atomic E-state index is 0.583. The van der Waals surface area contributed by atoms with Crippen LogP contribution >= 0.6 is 0 Å². The number of hydrogen-bond acceptors (Lipinski definition) is 0. The first-order chi connectivity index (χ1) is 11.4. The van der Waals surface area contributed by atoms with Crippen molar-refractivity contribution in [1.29, 1.82) is 0 Å². The average Bonchev–Trinajstić information content (AvgIpc) is 2.73. The smallest absolute Gasteiger partial charge is 0.0109 e. The van der Waals surface area contributed by atoms with E-state index in [4.69, 9.17) is 0 Å². The maximum Gasteiger partial charge on any atom is 0.0109 e. The highest BCUT2D eigenvalue weighted by atomic mass is 14.3. The van der Waals surface area contributed by atoms with E-state index in [0.717, 1.165) is 6.42 Å². The van der Waals surface area contributed by atoms with Crippen molar-refractivity contribution in [3.63, 3.8) is 0 Å². The molecule has 2 unspecified atom stereocenters. The molecule has 2 aliphatic carbocycles. The highest BCUT2D eigenvalue weighted by molar-refractivity contribution is 5.46. The van der Waals surface area contributed by atoms with Crippen molar-refractivity contribution in [2.45, 2.75) is 84.5 Å². The molecule has 0 aliphatic heterocycles. The number of unbranched alkanes of at least 4 members (excludes halogenated alkanes) is 7. The minimum Gasteiger partial charge on any atom is -0.0982 e. The summed E-state index contributed by atoms with van der Waals surface area (Å²) in [5, 5.41) is 0. The van der Waals surface area contributed by atoms with Gasteiger partial charge in [-0.2, -0.15) is 0 Å². The first-order valence-corrected chi connectivity index (χ1v) is 9.93. The molecule has 2 rings (SSSR count). The molecule has 0 radical (unpaired) electrons. The molecule has 0 aromatic heterocycles. The third-order valence-corrected chi connectivity index (χ3v) is 5.15. The fourth-order valence-corrected chi connectivity index (χ4v) is 3.77. The molecule has 2 bridgehead atoms. The van der Waals surface area contributed by atoms with Crippen molar-refractivity contribution < 1.29 is 0 Å². The van der Waals surface area contributed by atoms with Gasteiger partial charge in [0.25, 0.3) is 0 Å². The molecule has 0 saturated heterocycles. The Balaban J connectivity index is 1.98. The predicted molar refractivity (Wildman–Crippen MR) is 102 cm³/mol. The quantitative estimate of drug-likeness (QED) is 0.318. The number of hydrogen-bond donors (Lipinski definition) is 0. The topological polar surface area (TPSA) is 0 Å². The van der Waals surface area contributed by atoms with Crippen LogP contribution in [0, 0.1) is 23.7 Å². The summed E-state index contributed by atoms with van der Waals surface area (Å²) in [6.45, 7) is 4.55. The molecule has 0 spiro atoms. The standard InChI is InChI=1S/C23H34/c1-3-5-7-9-10-12-18-23-21-16-14-13-15-20(19-21)22(23)17-11-8-6-4-2/h13-16,20-21H,3-11,17,19H2,1-2H3. The Labute approximate surface area is 144 Å². The third kappa shape index (κ3) is 5.72. The maximum atomic E-state index is 3.59. The Morgan fingerprint density at radius 3 is 2.30 bits per heavy atom. The summed E-state index contributed by atoms with van der Waals surface area (Å²) in [4.78, 5) is 0. The van der Waals surface area contributed by atoms with E-state index in [1.54, 1.807) is 5.57 Å². The lowest BCUT2D eigenvalue weighted by Crippen LogP contribution is -1.96. The highest BCUT2D eigenvalue weighted by Gasteiger charge is 2.30. The van der Waals surface area contributed by atoms with Gasteiger partial charge in [-0.05, 0) is 25.7 Å². The fourth-order valence-electron chi connectivity index (χ4n) is 3.77. The minimum absolute atomic E-state index is 0.583. The second-order valence-corrected chi connectivity index (χ2v) is 7.08. The Morgan fingerprint density at radius 1 is 0.870 bits per heavy atom. The van der Waals surface area contributed by atoms with Crippen LogP contribution in [-0.4, -0.2) is 0 Å². The molecule has 0 fully saturated rings. The largest absolute Gasteiger partial charge is 0.0982 e. The summed E-state index contributed by atoms with van der Waals surface area (Å²) in [7, 11) is 0. The Kier molecular flexibility index (Phi) is 8.30. The molecule has 0 heterocycles. The Hall–Kier alpha value is -1.22. The van der Waals surface area contributed by atoms with Crippen molar-refractivity contribution >= 4 is 0 Å². The Morgan fingerprint density at radius 2 is 1.57 bits per heavy atom. The van der Waals surface area contributed by atoms with Gasteiger partial charge in [0.1, 0.15) is 0 Å². The van der Waals surface area contributed by atoms with Gasteiger partial charge >= 0.3 is 0 Å². The number of fused-ring (bicyclic) bond motifs is 2. The van der Waals surface area contributed by atoms with E-state index < -0.39 is 0 Å². The SMILES string of the molecule is CCCCCCC#CC1=C(CCCCCC)C2C=CC=CC1C2. The zero-order chi connectivity index (χ0) is 16.3. The second-order valence-electron chi connectivity index (χ2n) is 7.08. The second kappa shape index (κ2) is 10.5. The van der Waals surface area contributed by atoms with Gasteiger partial charge < -0.3 is 0 Å². The molecule has 2 aliphatic rings.